The third kappa shape index (κ3) is 4.20. The molecule has 6 nitrogen and oxygen atoms in total. The predicted octanol–water partition coefficient (Wildman–Crippen LogP) is 2.22. The fourth-order valence-electron chi connectivity index (χ4n) is 1.72. The molecular weight excluding hydrogens is 268 g/mol. The van der Waals surface area contributed by atoms with Crippen molar-refractivity contribution in [1.82, 2.24) is 4.98 Å². The van der Waals surface area contributed by atoms with Gasteiger partial charge in [-0.1, -0.05) is 12.2 Å². The summed E-state index contributed by atoms with van der Waals surface area (Å²) in [5.74, 6) is 0.143. The number of phenols is 1. The van der Waals surface area contributed by atoms with Crippen LogP contribution in [0.15, 0.2) is 65.1 Å². The van der Waals surface area contributed by atoms with Crippen molar-refractivity contribution in [2.45, 2.75) is 0 Å². The molecule has 1 aromatic heterocycles. The van der Waals surface area contributed by atoms with Gasteiger partial charge in [-0.3, -0.25) is 4.98 Å². The summed E-state index contributed by atoms with van der Waals surface area (Å²) in [4.78, 5) is 8.90. The molecule has 6 heteroatoms. The molecule has 0 amide bonds. The van der Waals surface area contributed by atoms with E-state index in [2.05, 4.69) is 15.2 Å². The average Bonchev–Trinajstić information content (AvgIpc) is 2.52. The van der Waals surface area contributed by atoms with Gasteiger partial charge in [-0.05, 0) is 30.3 Å². The number of phenolic OH excluding ortho intramolecular Hbond substituents is 1. The summed E-state index contributed by atoms with van der Waals surface area (Å²) in [5.41, 5.74) is 2.80. The molecule has 1 aromatic carbocycles. The van der Waals surface area contributed by atoms with Crippen LogP contribution >= 0.6 is 0 Å². The van der Waals surface area contributed by atoms with Crippen LogP contribution in [0.3, 0.4) is 0 Å². The quantitative estimate of drug-likeness (QED) is 0.485. The van der Waals surface area contributed by atoms with Crippen LogP contribution in [0.2, 0.25) is 0 Å². The third-order valence-corrected chi connectivity index (χ3v) is 2.66. The maximum atomic E-state index is 9.74. The monoisotopic (exact) mass is 285 g/mol. The lowest BCUT2D eigenvalue weighted by Crippen LogP contribution is -2.75. The van der Waals surface area contributed by atoms with Gasteiger partial charge in [0.2, 0.25) is 0 Å². The minimum atomic E-state index is 0.143. The van der Waals surface area contributed by atoms with E-state index in [-0.39, 0.29) is 5.75 Å². The van der Waals surface area contributed by atoms with Gasteiger partial charge in [0.1, 0.15) is 17.5 Å². The number of allylic oxidation sites excluding steroid dienone is 2. The molecule has 0 aliphatic carbocycles. The Labute approximate surface area is 122 Å². The fraction of sp³-hybridized carbons (Fsp3) is 0.133. The highest BCUT2D eigenvalue weighted by Gasteiger charge is 2.04. The predicted molar refractivity (Wildman–Crippen MR) is 80.0 cm³/mol. The number of aromatic hydroxyl groups is 1. The smallest absolute Gasteiger partial charge is 0.141 e. The van der Waals surface area contributed by atoms with Gasteiger partial charge in [-0.25, -0.2) is 4.84 Å². The molecule has 0 atom stereocenters. The maximum absolute atomic E-state index is 9.74. The molecule has 0 bridgehead atoms. The van der Waals surface area contributed by atoms with E-state index in [0.29, 0.717) is 17.7 Å². The third-order valence-electron chi connectivity index (χ3n) is 2.66. The number of fused-ring (bicyclic) bond motifs is 1. The molecule has 0 saturated carbocycles. The molecule has 0 unspecified atom stereocenters. The first-order chi connectivity index (χ1) is 10.3. The normalized spacial score (nSPS) is 12.2. The summed E-state index contributed by atoms with van der Waals surface area (Å²) in [6, 6.07) is 6.95. The standard InChI is InChI=1S/C15H16N4O2/c1-21-18-11-4-2-3-10-17-19-13-7-8-14(20)15-12(13)6-5-9-16-15/h2-9,11,18,20H,10H2,1H3/p+1/b3-2-,11-4-,19-17?. The Morgan fingerprint density at radius 2 is 2.24 bits per heavy atom. The number of rotatable bonds is 6. The van der Waals surface area contributed by atoms with E-state index in [9.17, 15) is 5.11 Å². The van der Waals surface area contributed by atoms with Gasteiger partial charge < -0.3 is 5.11 Å². The fourth-order valence-corrected chi connectivity index (χ4v) is 1.72. The van der Waals surface area contributed by atoms with Gasteiger partial charge in [0.25, 0.3) is 0 Å². The van der Waals surface area contributed by atoms with Crippen molar-refractivity contribution >= 4 is 16.6 Å². The number of pyridine rings is 1. The van der Waals surface area contributed by atoms with Crippen LogP contribution in [0.1, 0.15) is 0 Å². The molecule has 0 spiro atoms. The van der Waals surface area contributed by atoms with E-state index in [4.69, 9.17) is 4.84 Å². The van der Waals surface area contributed by atoms with Gasteiger partial charge in [0.05, 0.1) is 19.3 Å². The molecule has 2 aromatic rings. The van der Waals surface area contributed by atoms with Gasteiger partial charge in [-0.2, -0.15) is 15.7 Å². The van der Waals surface area contributed by atoms with E-state index in [1.54, 1.807) is 43.2 Å². The Bertz CT molecular complexity index is 680. The first-order valence-corrected chi connectivity index (χ1v) is 6.45. The molecule has 0 aliphatic heterocycles. The summed E-state index contributed by atoms with van der Waals surface area (Å²) in [6.07, 6.45) is 9.01. The molecule has 2 rings (SSSR count). The van der Waals surface area contributed by atoms with Crippen LogP contribution in [0.5, 0.6) is 5.75 Å². The highest BCUT2D eigenvalue weighted by atomic mass is 16.6. The van der Waals surface area contributed by atoms with Gasteiger partial charge in [0, 0.05) is 11.6 Å². The topological polar surface area (TPSA) is 83.7 Å². The highest BCUT2D eigenvalue weighted by Crippen LogP contribution is 2.30. The molecule has 0 saturated heterocycles. The van der Waals surface area contributed by atoms with Crippen molar-refractivity contribution in [2.75, 3.05) is 13.7 Å². The van der Waals surface area contributed by atoms with Crippen LogP contribution in [-0.4, -0.2) is 23.7 Å². The first-order valence-electron chi connectivity index (χ1n) is 6.45. The Kier molecular flexibility index (Phi) is 5.57. The SMILES string of the molecule is CO[NH2+]/C=C\C=C/CN=Nc1ccc(O)c2ncccc12. The van der Waals surface area contributed by atoms with E-state index in [1.165, 1.54) is 0 Å². The minimum Gasteiger partial charge on any atom is -0.506 e. The highest BCUT2D eigenvalue weighted by molar-refractivity contribution is 5.93. The van der Waals surface area contributed by atoms with E-state index in [0.717, 1.165) is 5.39 Å². The van der Waals surface area contributed by atoms with Crippen LogP contribution in [0, 0.1) is 0 Å². The molecule has 0 fully saturated rings. The summed E-state index contributed by atoms with van der Waals surface area (Å²) < 4.78 is 0. The van der Waals surface area contributed by atoms with Crippen molar-refractivity contribution in [3.05, 3.63) is 54.9 Å². The zero-order chi connectivity index (χ0) is 14.9. The van der Waals surface area contributed by atoms with E-state index >= 15 is 0 Å². The van der Waals surface area contributed by atoms with Gasteiger partial charge in [0.15, 0.2) is 0 Å². The average molecular weight is 285 g/mol. The van der Waals surface area contributed by atoms with Crippen molar-refractivity contribution in [3.63, 3.8) is 0 Å². The van der Waals surface area contributed by atoms with Crippen LogP contribution < -0.4 is 5.48 Å². The van der Waals surface area contributed by atoms with Crippen molar-refractivity contribution in [1.29, 1.82) is 0 Å². The molecule has 21 heavy (non-hydrogen) atoms. The maximum Gasteiger partial charge on any atom is 0.141 e. The van der Waals surface area contributed by atoms with Crippen molar-refractivity contribution < 1.29 is 15.4 Å². The van der Waals surface area contributed by atoms with E-state index in [1.807, 2.05) is 24.3 Å². The lowest BCUT2D eigenvalue weighted by Gasteiger charge is -2.01. The molecule has 1 heterocycles. The molecule has 0 aliphatic rings. The Morgan fingerprint density at radius 1 is 1.33 bits per heavy atom. The molecule has 108 valence electrons. The summed E-state index contributed by atoms with van der Waals surface area (Å²) in [5, 5.41) is 18.8. The molecule has 3 N–H and O–H groups in total. The summed E-state index contributed by atoms with van der Waals surface area (Å²) in [6.45, 7) is 0.472. The molecule has 0 radical (unpaired) electrons. The Morgan fingerprint density at radius 3 is 3.10 bits per heavy atom. The number of nitrogens with two attached hydrogens (primary N) is 1. The lowest BCUT2D eigenvalue weighted by atomic mass is 10.2. The molecular formula is C15H17N4O2+. The number of aromatic nitrogens is 1. The zero-order valence-corrected chi connectivity index (χ0v) is 11.7. The van der Waals surface area contributed by atoms with Crippen molar-refractivity contribution in [3.8, 4) is 5.75 Å². The van der Waals surface area contributed by atoms with Gasteiger partial charge in [-0.15, -0.1) is 0 Å². The first kappa shape index (κ1) is 14.8. The van der Waals surface area contributed by atoms with E-state index < -0.39 is 0 Å². The largest absolute Gasteiger partial charge is 0.506 e. The second-order valence-corrected chi connectivity index (χ2v) is 4.11. The van der Waals surface area contributed by atoms with Crippen molar-refractivity contribution in [2.24, 2.45) is 10.2 Å². The number of hydrogen-bond donors (Lipinski definition) is 2. The summed E-state index contributed by atoms with van der Waals surface area (Å²) >= 11 is 0. The number of quaternary nitrogens is 1. The number of nitrogens with zero attached hydrogens (tertiary/aromatic N) is 3. The lowest BCUT2D eigenvalue weighted by molar-refractivity contribution is -0.842. The number of benzene rings is 1. The summed E-state index contributed by atoms with van der Waals surface area (Å²) in [7, 11) is 1.60. The van der Waals surface area contributed by atoms with Crippen LogP contribution in [-0.2, 0) is 4.84 Å². The Balaban J connectivity index is 2.03. The number of hydroxylamine groups is 1. The minimum absolute atomic E-state index is 0.143. The van der Waals surface area contributed by atoms with Crippen LogP contribution in [0.4, 0.5) is 5.69 Å². The Hall–Kier alpha value is -2.57. The van der Waals surface area contributed by atoms with Crippen LogP contribution in [0.25, 0.3) is 10.9 Å². The number of hydrogen-bond acceptors (Lipinski definition) is 5. The second-order valence-electron chi connectivity index (χ2n) is 4.11. The second kappa shape index (κ2) is 7.88. The number of azo groups is 1. The zero-order valence-electron chi connectivity index (χ0n) is 11.7. The van der Waals surface area contributed by atoms with Gasteiger partial charge >= 0.3 is 0 Å².